The lowest BCUT2D eigenvalue weighted by Gasteiger charge is -2.48. The Kier molecular flexibility index (Phi) is 22.1. The number of esters is 1. The number of carbonyl (C=O) groups excluding carboxylic acids is 2. The smallest absolute Gasteiger partial charge is 0.325 e. The maximum Gasteiger partial charge on any atom is 0.325 e. The number of aliphatic hydroxyl groups is 1. The summed E-state index contributed by atoms with van der Waals surface area (Å²) in [4.78, 5) is 24.6. The summed E-state index contributed by atoms with van der Waals surface area (Å²) in [5.74, 6) is -0.992. The molecule has 7 aromatic carbocycles. The number of hydrogen-bond donors (Lipinski definition) is 2. The molecule has 0 aliphatic carbocycles. The Balaban J connectivity index is 1.05. The normalized spacial score (nSPS) is 22.8. The van der Waals surface area contributed by atoms with Crippen LogP contribution in [0.15, 0.2) is 206 Å². The van der Waals surface area contributed by atoms with Gasteiger partial charge in [0.1, 0.15) is 55.4 Å². The summed E-state index contributed by atoms with van der Waals surface area (Å²) in [5.41, 5.74) is 6.64. The summed E-state index contributed by atoms with van der Waals surface area (Å²) >= 11 is 0. The number of carbonyl (C=O) groups is 2. The van der Waals surface area contributed by atoms with E-state index in [2.05, 4.69) is 10.1 Å². The molecule has 15 nitrogen and oxygen atoms in total. The summed E-state index contributed by atoms with van der Waals surface area (Å²) in [5, 5.41) is 13.7. The molecular weight excluding hydrogens is 1020 g/mol. The molecule has 0 spiro atoms. The minimum atomic E-state index is -1.13. The van der Waals surface area contributed by atoms with Crippen LogP contribution in [0.4, 0.5) is 0 Å². The van der Waals surface area contributed by atoms with Crippen LogP contribution >= 0.6 is 0 Å². The molecule has 2 saturated heterocycles. The number of rotatable bonds is 28. The molecule has 1 amide bonds. The second kappa shape index (κ2) is 30.6. The zero-order chi connectivity index (χ0) is 55.1. The maximum atomic E-state index is 12.9. The van der Waals surface area contributed by atoms with E-state index in [9.17, 15) is 14.7 Å². The summed E-state index contributed by atoms with van der Waals surface area (Å²) in [6, 6.07) is 65.8. The van der Waals surface area contributed by atoms with Crippen LogP contribution in [0.3, 0.4) is 0 Å². The molecule has 2 aliphatic rings. The third-order valence-corrected chi connectivity index (χ3v) is 13.8. The molecule has 2 aliphatic heterocycles. The Morgan fingerprint density at radius 1 is 0.388 bits per heavy atom. The Hall–Kier alpha value is -6.96. The van der Waals surface area contributed by atoms with Crippen LogP contribution < -0.4 is 5.32 Å². The van der Waals surface area contributed by atoms with E-state index in [1.807, 2.05) is 182 Å². The van der Waals surface area contributed by atoms with Gasteiger partial charge in [-0.2, -0.15) is 0 Å². The number of nitrogens with one attached hydrogen (secondary N) is 1. The molecule has 2 fully saturated rings. The molecule has 0 saturated carbocycles. The van der Waals surface area contributed by atoms with Crippen molar-refractivity contribution in [3.05, 3.63) is 251 Å². The van der Waals surface area contributed by atoms with Crippen molar-refractivity contribution in [1.29, 1.82) is 0 Å². The summed E-state index contributed by atoms with van der Waals surface area (Å²) < 4.78 is 73.6. The van der Waals surface area contributed by atoms with Crippen molar-refractivity contribution in [3.8, 4) is 0 Å². The Morgan fingerprint density at radius 3 is 1.07 bits per heavy atom. The van der Waals surface area contributed by atoms with Gasteiger partial charge in [-0.15, -0.1) is 0 Å². The average Bonchev–Trinajstić information content (AvgIpc) is 3.53. The molecule has 80 heavy (non-hydrogen) atoms. The Bertz CT molecular complexity index is 2870. The molecular formula is C65H69NO14. The quantitative estimate of drug-likeness (QED) is 0.0446. The molecule has 10 atom stereocenters. The standard InChI is InChI=1S/C65H69NO14/c1-70-56(68)36-66-63(69)53-34-32-52(33-35-53)44-77-64-62(76-43-51-30-18-7-19-31-51)60(74-41-49-26-14-5-15-27-49)58(72-39-47-22-10-3-11-23-47)55(80-64)45-78-65-61(75-42-50-28-16-6-17-29-50)59(73-40-48-24-12-4-13-25-48)57(54(37-67)79-65)71-38-46-20-8-2-9-21-46/h2-35,54-55,57-62,64-65,67H,36-45H2,1H3,(H,66,69)/t54-,55-,57-,58-,59+,60+,61-,62-,64?,65+/m1/s1. The third kappa shape index (κ3) is 16.8. The predicted octanol–water partition coefficient (Wildman–Crippen LogP) is 9.08. The van der Waals surface area contributed by atoms with E-state index in [0.717, 1.165) is 38.9 Å². The van der Waals surface area contributed by atoms with Crippen LogP contribution in [-0.2, 0) is 103 Å². The van der Waals surface area contributed by atoms with Crippen molar-refractivity contribution in [2.75, 3.05) is 26.9 Å². The van der Waals surface area contributed by atoms with Crippen molar-refractivity contribution >= 4 is 11.9 Å². The SMILES string of the molecule is COC(=O)CNC(=O)c1ccc(COC2O[C@H](CO[C@H]3O[C@H](CO)[C@@H](OCc4ccccc4)[C@H](OCc4ccccc4)[C@H]3OCc3ccccc3)[C@@H](OCc3ccccc3)[C@H](OCc3ccccc3)[C@H]2OCc2ccccc2)cc1. The lowest BCUT2D eigenvalue weighted by Crippen LogP contribution is -2.64. The molecule has 0 bridgehead atoms. The molecule has 15 heteroatoms. The second-order valence-corrected chi connectivity index (χ2v) is 19.4. The second-order valence-electron chi connectivity index (χ2n) is 19.4. The molecule has 0 aromatic heterocycles. The maximum absolute atomic E-state index is 12.9. The first kappa shape index (κ1) is 57.7. The van der Waals surface area contributed by atoms with E-state index < -0.39 is 79.9 Å². The zero-order valence-electron chi connectivity index (χ0n) is 44.7. The van der Waals surface area contributed by atoms with Gasteiger partial charge in [0.2, 0.25) is 0 Å². The number of hydrogen-bond acceptors (Lipinski definition) is 14. The zero-order valence-corrected chi connectivity index (χ0v) is 44.7. The molecule has 7 aromatic rings. The monoisotopic (exact) mass is 1090 g/mol. The highest BCUT2D eigenvalue weighted by atomic mass is 16.8. The van der Waals surface area contributed by atoms with Crippen LogP contribution in [-0.4, -0.2) is 105 Å². The largest absolute Gasteiger partial charge is 0.468 e. The summed E-state index contributed by atoms with van der Waals surface area (Å²) in [6.07, 6.45) is -9.05. The molecule has 2 N–H and O–H groups in total. The molecule has 1 unspecified atom stereocenters. The summed E-state index contributed by atoms with van der Waals surface area (Å²) in [7, 11) is 1.26. The number of benzene rings is 7. The minimum absolute atomic E-state index is 0.0402. The van der Waals surface area contributed by atoms with Crippen molar-refractivity contribution in [2.24, 2.45) is 0 Å². The fraction of sp³-hybridized carbons (Fsp3) is 0.323. The molecule has 9 rings (SSSR count). The van der Waals surface area contributed by atoms with E-state index in [1.165, 1.54) is 7.11 Å². The van der Waals surface area contributed by atoms with Crippen LogP contribution in [0.1, 0.15) is 49.3 Å². The van der Waals surface area contributed by atoms with E-state index >= 15 is 0 Å². The third-order valence-electron chi connectivity index (χ3n) is 13.8. The number of aliphatic hydroxyl groups excluding tert-OH is 1. The van der Waals surface area contributed by atoms with Crippen LogP contribution in [0, 0.1) is 0 Å². The van der Waals surface area contributed by atoms with Gasteiger partial charge >= 0.3 is 5.97 Å². The Labute approximate surface area is 467 Å². The first-order valence-corrected chi connectivity index (χ1v) is 26.9. The van der Waals surface area contributed by atoms with Crippen LogP contribution in [0.2, 0.25) is 0 Å². The van der Waals surface area contributed by atoms with E-state index in [4.69, 9.17) is 47.4 Å². The van der Waals surface area contributed by atoms with Crippen molar-refractivity contribution in [1.82, 2.24) is 5.32 Å². The number of methoxy groups -OCH3 is 1. The fourth-order valence-electron chi connectivity index (χ4n) is 9.49. The highest BCUT2D eigenvalue weighted by molar-refractivity contribution is 5.95. The highest BCUT2D eigenvalue weighted by Gasteiger charge is 2.52. The fourth-order valence-corrected chi connectivity index (χ4v) is 9.49. The number of amides is 1. The van der Waals surface area contributed by atoms with Crippen LogP contribution in [0.5, 0.6) is 0 Å². The summed E-state index contributed by atoms with van der Waals surface area (Å²) in [6.45, 7) is 0.428. The van der Waals surface area contributed by atoms with Crippen LogP contribution in [0.25, 0.3) is 0 Å². The lowest BCUT2D eigenvalue weighted by molar-refractivity contribution is -0.353. The van der Waals surface area contributed by atoms with Gasteiger partial charge in [0.05, 0.1) is 66.6 Å². The first-order chi connectivity index (χ1) is 39.4. The van der Waals surface area contributed by atoms with Gasteiger partial charge < -0.3 is 62.5 Å². The molecule has 2 heterocycles. The van der Waals surface area contributed by atoms with Gasteiger partial charge in [0.25, 0.3) is 5.91 Å². The van der Waals surface area contributed by atoms with Gasteiger partial charge in [-0.1, -0.05) is 194 Å². The molecule has 418 valence electrons. The predicted molar refractivity (Wildman–Crippen MR) is 296 cm³/mol. The van der Waals surface area contributed by atoms with Gasteiger partial charge in [-0.3, -0.25) is 9.59 Å². The van der Waals surface area contributed by atoms with E-state index in [-0.39, 0.29) is 59.4 Å². The number of ether oxygens (including phenoxy) is 11. The average molecular weight is 1090 g/mol. The molecule has 0 radical (unpaired) electrons. The van der Waals surface area contributed by atoms with Crippen molar-refractivity contribution in [3.63, 3.8) is 0 Å². The van der Waals surface area contributed by atoms with Gasteiger partial charge in [-0.05, 0) is 51.1 Å². The highest BCUT2D eigenvalue weighted by Crippen LogP contribution is 2.35. The lowest BCUT2D eigenvalue weighted by atomic mass is 9.96. The minimum Gasteiger partial charge on any atom is -0.468 e. The van der Waals surface area contributed by atoms with Gasteiger partial charge in [-0.25, -0.2) is 0 Å². The van der Waals surface area contributed by atoms with Crippen molar-refractivity contribution < 1.29 is 66.8 Å². The van der Waals surface area contributed by atoms with Gasteiger partial charge in [0.15, 0.2) is 12.6 Å². The topological polar surface area (TPSA) is 168 Å². The van der Waals surface area contributed by atoms with Crippen molar-refractivity contribution in [2.45, 2.75) is 108 Å². The first-order valence-electron chi connectivity index (χ1n) is 26.9. The van der Waals surface area contributed by atoms with E-state index in [1.54, 1.807) is 24.3 Å². The van der Waals surface area contributed by atoms with E-state index in [0.29, 0.717) is 5.56 Å². The van der Waals surface area contributed by atoms with Gasteiger partial charge in [0, 0.05) is 5.56 Å². The Morgan fingerprint density at radius 2 is 0.700 bits per heavy atom.